The van der Waals surface area contributed by atoms with Crippen molar-refractivity contribution in [3.05, 3.63) is 105 Å². The third-order valence-electron chi connectivity index (χ3n) is 6.03. The molecule has 0 aliphatic carbocycles. The Morgan fingerprint density at radius 2 is 1.74 bits per heavy atom. The van der Waals surface area contributed by atoms with Crippen molar-refractivity contribution in [1.82, 2.24) is 4.90 Å². The summed E-state index contributed by atoms with van der Waals surface area (Å²) < 4.78 is 12.4. The predicted octanol–water partition coefficient (Wildman–Crippen LogP) is 6.86. The van der Waals surface area contributed by atoms with Gasteiger partial charge in [-0.1, -0.05) is 70.5 Å². The van der Waals surface area contributed by atoms with Crippen molar-refractivity contribution in [3.63, 3.8) is 0 Å². The van der Waals surface area contributed by atoms with E-state index in [-0.39, 0.29) is 11.4 Å². The van der Waals surface area contributed by atoms with Crippen molar-refractivity contribution in [2.24, 2.45) is 0 Å². The van der Waals surface area contributed by atoms with Gasteiger partial charge in [-0.25, -0.2) is 0 Å². The quantitative estimate of drug-likeness (QED) is 0.222. The lowest BCUT2D eigenvalue weighted by Gasteiger charge is -2.13. The van der Waals surface area contributed by atoms with Gasteiger partial charge in [0.15, 0.2) is 11.5 Å². The molecule has 0 aromatic heterocycles. The molecule has 0 atom stereocenters. The largest absolute Gasteiger partial charge is 0.493 e. The van der Waals surface area contributed by atoms with Crippen molar-refractivity contribution < 1.29 is 23.9 Å². The minimum atomic E-state index is -0.521. The number of anilines is 1. The van der Waals surface area contributed by atoms with Crippen LogP contribution < -0.4 is 14.8 Å². The lowest BCUT2D eigenvalue weighted by molar-refractivity contribution is -0.127. The number of benzene rings is 4. The topological polar surface area (TPSA) is 84.9 Å². The summed E-state index contributed by atoms with van der Waals surface area (Å²) in [6.45, 7) is -0.0138. The number of carbonyl (C=O) groups is 3. The average molecular weight is 603 g/mol. The second-order valence-corrected chi connectivity index (χ2v) is 10.6. The summed E-state index contributed by atoms with van der Waals surface area (Å²) in [6, 6.07) is 26.3. The van der Waals surface area contributed by atoms with E-state index in [0.717, 1.165) is 37.5 Å². The molecule has 1 aliphatic heterocycles. The summed E-state index contributed by atoms with van der Waals surface area (Å²) in [5.41, 5.74) is 2.28. The molecule has 0 radical (unpaired) electrons. The summed E-state index contributed by atoms with van der Waals surface area (Å²) >= 11 is 4.21. The van der Waals surface area contributed by atoms with Crippen LogP contribution in [-0.4, -0.2) is 35.6 Å². The van der Waals surface area contributed by atoms with Gasteiger partial charge >= 0.3 is 0 Å². The molecule has 0 saturated carbocycles. The minimum absolute atomic E-state index is 0.226. The van der Waals surface area contributed by atoms with Gasteiger partial charge in [0, 0.05) is 15.5 Å². The molecule has 1 N–H and O–H groups in total. The number of methoxy groups -OCH3 is 1. The lowest BCUT2D eigenvalue weighted by Crippen LogP contribution is -2.36. The van der Waals surface area contributed by atoms with Gasteiger partial charge in [-0.2, -0.15) is 0 Å². The zero-order valence-corrected chi connectivity index (χ0v) is 23.3. The van der Waals surface area contributed by atoms with Gasteiger partial charge in [-0.15, -0.1) is 0 Å². The molecule has 0 spiro atoms. The Labute approximate surface area is 237 Å². The number of hydrogen-bond acceptors (Lipinski definition) is 6. The van der Waals surface area contributed by atoms with E-state index < -0.39 is 17.1 Å². The van der Waals surface area contributed by atoms with E-state index in [1.807, 2.05) is 60.7 Å². The van der Waals surface area contributed by atoms with E-state index >= 15 is 0 Å². The molecule has 0 unspecified atom stereocenters. The Morgan fingerprint density at radius 1 is 0.974 bits per heavy atom. The molecule has 7 nitrogen and oxygen atoms in total. The van der Waals surface area contributed by atoms with Gasteiger partial charge in [-0.05, 0) is 64.7 Å². The number of fused-ring (bicyclic) bond motifs is 1. The van der Waals surface area contributed by atoms with Crippen molar-refractivity contribution in [2.75, 3.05) is 19.0 Å². The normalized spacial score (nSPS) is 14.2. The maximum atomic E-state index is 13.0. The zero-order chi connectivity index (χ0) is 27.4. The number of halogens is 1. The molecule has 3 amide bonds. The second kappa shape index (κ2) is 11.8. The first kappa shape index (κ1) is 26.5. The highest BCUT2D eigenvalue weighted by atomic mass is 79.9. The fourth-order valence-electron chi connectivity index (χ4n) is 4.09. The number of carbonyl (C=O) groups excluding carboxylic acids is 3. The first-order valence-corrected chi connectivity index (χ1v) is 13.6. The molecule has 1 fully saturated rings. The second-order valence-electron chi connectivity index (χ2n) is 8.67. The smallest absolute Gasteiger partial charge is 0.294 e. The Kier molecular flexibility index (Phi) is 7.99. The van der Waals surface area contributed by atoms with E-state index in [4.69, 9.17) is 9.47 Å². The molecule has 9 heteroatoms. The maximum absolute atomic E-state index is 13.0. The van der Waals surface area contributed by atoms with Gasteiger partial charge in [0.25, 0.3) is 11.1 Å². The predicted molar refractivity (Wildman–Crippen MR) is 157 cm³/mol. The number of thioether (sulfide) groups is 1. The first-order chi connectivity index (χ1) is 18.9. The summed E-state index contributed by atoms with van der Waals surface area (Å²) in [7, 11) is 1.54. The van der Waals surface area contributed by atoms with E-state index in [2.05, 4.69) is 21.2 Å². The van der Waals surface area contributed by atoms with Crippen LogP contribution in [-0.2, 0) is 16.2 Å². The van der Waals surface area contributed by atoms with Crippen LogP contribution in [0.5, 0.6) is 11.5 Å². The van der Waals surface area contributed by atoms with Crippen LogP contribution in [0.1, 0.15) is 11.1 Å². The van der Waals surface area contributed by atoms with Gasteiger partial charge in [-0.3, -0.25) is 19.3 Å². The molecule has 1 saturated heterocycles. The zero-order valence-electron chi connectivity index (χ0n) is 20.8. The van der Waals surface area contributed by atoms with Crippen LogP contribution in [0.2, 0.25) is 0 Å². The van der Waals surface area contributed by atoms with E-state index in [1.54, 1.807) is 30.3 Å². The average Bonchev–Trinajstić information content (AvgIpc) is 3.20. The van der Waals surface area contributed by atoms with E-state index in [9.17, 15) is 14.4 Å². The van der Waals surface area contributed by atoms with Crippen LogP contribution in [0.15, 0.2) is 94.3 Å². The number of amides is 3. The highest BCUT2D eigenvalue weighted by Gasteiger charge is 2.36. The number of ether oxygens (including phenoxy) is 2. The molecule has 0 bridgehead atoms. The van der Waals surface area contributed by atoms with Crippen molar-refractivity contribution in [2.45, 2.75) is 6.61 Å². The molecular weight excluding hydrogens is 580 g/mol. The standard InChI is InChI=1S/C30H23BrN2O5S/c1-37-26-15-20(11-14-25(26)38-18-19-9-12-22(31)13-10-19)16-27-29(35)33(30(36)39-27)17-28(34)32-24-8-4-6-21-5-2-3-7-23(21)24/h2-16H,17-18H2,1H3,(H,32,34)/b27-16-. The van der Waals surface area contributed by atoms with Crippen molar-refractivity contribution >= 4 is 67.3 Å². The number of nitrogens with zero attached hydrogens (tertiary/aromatic N) is 1. The van der Waals surface area contributed by atoms with E-state index in [1.165, 1.54) is 7.11 Å². The molecule has 39 heavy (non-hydrogen) atoms. The molecule has 1 aliphatic rings. The summed E-state index contributed by atoms with van der Waals surface area (Å²) in [4.78, 5) is 39.5. The monoisotopic (exact) mass is 602 g/mol. The fourth-order valence-corrected chi connectivity index (χ4v) is 5.19. The van der Waals surface area contributed by atoms with Gasteiger partial charge in [0.2, 0.25) is 5.91 Å². The molecular formula is C30H23BrN2O5S. The van der Waals surface area contributed by atoms with Crippen LogP contribution in [0, 0.1) is 0 Å². The van der Waals surface area contributed by atoms with Crippen LogP contribution in [0.3, 0.4) is 0 Å². The molecule has 1 heterocycles. The van der Waals surface area contributed by atoms with Crippen LogP contribution in [0.4, 0.5) is 10.5 Å². The Balaban J connectivity index is 1.26. The molecule has 4 aromatic carbocycles. The fraction of sp³-hybridized carbons (Fsp3) is 0.100. The number of nitrogens with one attached hydrogen (secondary N) is 1. The third kappa shape index (κ3) is 6.16. The lowest BCUT2D eigenvalue weighted by atomic mass is 10.1. The Hall–Kier alpha value is -4.08. The van der Waals surface area contributed by atoms with E-state index in [0.29, 0.717) is 29.4 Å². The minimum Gasteiger partial charge on any atom is -0.493 e. The summed E-state index contributed by atoms with van der Waals surface area (Å²) in [5.74, 6) is 0.0711. The van der Waals surface area contributed by atoms with Gasteiger partial charge in [0.05, 0.1) is 12.0 Å². The first-order valence-electron chi connectivity index (χ1n) is 12.0. The van der Waals surface area contributed by atoms with Crippen molar-refractivity contribution in [1.29, 1.82) is 0 Å². The summed E-state index contributed by atoms with van der Waals surface area (Å²) in [6.07, 6.45) is 1.61. The SMILES string of the molecule is COc1cc(/C=C2\SC(=O)N(CC(=O)Nc3cccc4ccccc34)C2=O)ccc1OCc1ccc(Br)cc1. The van der Waals surface area contributed by atoms with Gasteiger partial charge < -0.3 is 14.8 Å². The Bertz CT molecular complexity index is 1600. The highest BCUT2D eigenvalue weighted by Crippen LogP contribution is 2.35. The number of imide groups is 1. The molecule has 4 aromatic rings. The van der Waals surface area contributed by atoms with Crippen molar-refractivity contribution in [3.8, 4) is 11.5 Å². The van der Waals surface area contributed by atoms with Crippen LogP contribution >= 0.6 is 27.7 Å². The summed E-state index contributed by atoms with van der Waals surface area (Å²) in [5, 5.41) is 4.17. The molecule has 196 valence electrons. The number of rotatable bonds is 8. The molecule has 5 rings (SSSR count). The highest BCUT2D eigenvalue weighted by molar-refractivity contribution is 9.10. The van der Waals surface area contributed by atoms with Crippen LogP contribution in [0.25, 0.3) is 16.8 Å². The van der Waals surface area contributed by atoms with Gasteiger partial charge in [0.1, 0.15) is 13.2 Å². The Morgan fingerprint density at radius 3 is 2.54 bits per heavy atom. The third-order valence-corrected chi connectivity index (χ3v) is 7.47. The maximum Gasteiger partial charge on any atom is 0.294 e. The number of hydrogen-bond donors (Lipinski definition) is 1.